The minimum absolute atomic E-state index is 0.131. The molecule has 1 atom stereocenters. The highest BCUT2D eigenvalue weighted by molar-refractivity contribution is 7.91. The number of carbonyl (C=O) groups excluding carboxylic acids is 1. The Balaban J connectivity index is 1.63. The highest BCUT2D eigenvalue weighted by Gasteiger charge is 2.21. The van der Waals surface area contributed by atoms with Gasteiger partial charge in [0.25, 0.3) is 0 Å². The Bertz CT molecular complexity index is 821. The molecule has 0 saturated carbocycles. The molecule has 6 heteroatoms. The summed E-state index contributed by atoms with van der Waals surface area (Å²) in [6, 6.07) is 13.2. The van der Waals surface area contributed by atoms with Crippen LogP contribution in [-0.4, -0.2) is 39.8 Å². The lowest BCUT2D eigenvalue weighted by atomic mass is 10.1. The van der Waals surface area contributed by atoms with Crippen LogP contribution in [-0.2, 0) is 25.1 Å². The average molecular weight is 347 g/mol. The predicted octanol–water partition coefficient (Wildman–Crippen LogP) is 1.91. The zero-order valence-electron chi connectivity index (χ0n) is 13.4. The minimum atomic E-state index is -3.51. The first kappa shape index (κ1) is 16.9. The van der Waals surface area contributed by atoms with Crippen molar-refractivity contribution >= 4 is 26.5 Å². The molecule has 0 radical (unpaired) electrons. The lowest BCUT2D eigenvalue weighted by Gasteiger charge is -2.11. The molecule has 1 heterocycles. The van der Waals surface area contributed by atoms with Crippen LogP contribution in [0, 0.1) is 5.92 Å². The molecule has 1 saturated heterocycles. The van der Waals surface area contributed by atoms with Gasteiger partial charge >= 0.3 is 0 Å². The van der Waals surface area contributed by atoms with E-state index in [9.17, 15) is 13.2 Å². The van der Waals surface area contributed by atoms with E-state index in [1.807, 2.05) is 36.4 Å². The van der Waals surface area contributed by atoms with Crippen molar-refractivity contribution in [2.24, 2.45) is 5.92 Å². The second-order valence-electron chi connectivity index (χ2n) is 6.20. The molecular formula is C18H21NO4S. The molecule has 2 aromatic rings. The molecule has 128 valence electrons. The number of fused-ring (bicyclic) bond motifs is 1. The monoisotopic (exact) mass is 347 g/mol. The Morgan fingerprint density at radius 2 is 1.96 bits per heavy atom. The van der Waals surface area contributed by atoms with Crippen LogP contribution >= 0.6 is 0 Å². The van der Waals surface area contributed by atoms with Crippen molar-refractivity contribution in [2.75, 3.05) is 25.5 Å². The Morgan fingerprint density at radius 3 is 2.75 bits per heavy atom. The number of hydrogen-bond donors (Lipinski definition) is 1. The third-order valence-corrected chi connectivity index (χ3v) is 5.67. The van der Waals surface area contributed by atoms with Crippen molar-refractivity contribution in [3.8, 4) is 0 Å². The van der Waals surface area contributed by atoms with Crippen molar-refractivity contribution in [2.45, 2.75) is 12.2 Å². The van der Waals surface area contributed by atoms with Crippen LogP contribution in [0.5, 0.6) is 0 Å². The van der Waals surface area contributed by atoms with Crippen molar-refractivity contribution in [3.63, 3.8) is 0 Å². The predicted molar refractivity (Wildman–Crippen MR) is 93.4 cm³/mol. The molecule has 2 aromatic carbocycles. The Kier molecular flexibility index (Phi) is 5.16. The van der Waals surface area contributed by atoms with E-state index in [0.717, 1.165) is 22.8 Å². The van der Waals surface area contributed by atoms with Gasteiger partial charge in [0.05, 0.1) is 12.4 Å². The van der Waals surface area contributed by atoms with E-state index in [0.29, 0.717) is 19.8 Å². The van der Waals surface area contributed by atoms with Crippen LogP contribution in [0.15, 0.2) is 42.5 Å². The van der Waals surface area contributed by atoms with Crippen LogP contribution in [0.4, 0.5) is 0 Å². The summed E-state index contributed by atoms with van der Waals surface area (Å²) in [5.41, 5.74) is 0.727. The van der Waals surface area contributed by atoms with Gasteiger partial charge in [-0.3, -0.25) is 4.79 Å². The topological polar surface area (TPSA) is 72.5 Å². The minimum Gasteiger partial charge on any atom is -0.381 e. The number of hydrogen-bond acceptors (Lipinski definition) is 4. The number of benzene rings is 2. The second kappa shape index (κ2) is 7.32. The number of ether oxygens (including phenoxy) is 1. The summed E-state index contributed by atoms with van der Waals surface area (Å²) in [7, 11) is -3.51. The fraction of sp³-hybridized carbons (Fsp3) is 0.389. The number of sulfone groups is 1. The van der Waals surface area contributed by atoms with Crippen LogP contribution in [0.3, 0.4) is 0 Å². The number of carbonyl (C=O) groups is 1. The van der Waals surface area contributed by atoms with Gasteiger partial charge in [0.15, 0.2) is 9.84 Å². The maximum atomic E-state index is 12.4. The highest BCUT2D eigenvalue weighted by atomic mass is 32.2. The van der Waals surface area contributed by atoms with Crippen LogP contribution in [0.2, 0.25) is 0 Å². The lowest BCUT2D eigenvalue weighted by molar-refractivity contribution is -0.118. The molecule has 24 heavy (non-hydrogen) atoms. The van der Waals surface area contributed by atoms with Gasteiger partial charge in [-0.1, -0.05) is 42.5 Å². The maximum Gasteiger partial charge on any atom is 0.235 e. The third kappa shape index (κ3) is 4.33. The van der Waals surface area contributed by atoms with E-state index in [1.165, 1.54) is 0 Å². The molecule has 0 bridgehead atoms. The summed E-state index contributed by atoms with van der Waals surface area (Å²) in [4.78, 5) is 11.9. The quantitative estimate of drug-likeness (QED) is 0.866. The maximum absolute atomic E-state index is 12.4. The van der Waals surface area contributed by atoms with Crippen molar-refractivity contribution in [1.82, 2.24) is 5.32 Å². The molecule has 0 aromatic heterocycles. The van der Waals surface area contributed by atoms with Gasteiger partial charge < -0.3 is 10.1 Å². The zero-order valence-corrected chi connectivity index (χ0v) is 14.2. The van der Waals surface area contributed by atoms with Crippen molar-refractivity contribution in [3.05, 3.63) is 48.0 Å². The van der Waals surface area contributed by atoms with Gasteiger partial charge in [-0.15, -0.1) is 0 Å². The molecule has 1 aliphatic rings. The zero-order chi connectivity index (χ0) is 17.0. The molecular weight excluding hydrogens is 326 g/mol. The first-order valence-electron chi connectivity index (χ1n) is 8.05. The third-order valence-electron chi connectivity index (χ3n) is 4.22. The van der Waals surface area contributed by atoms with Gasteiger partial charge in [0.2, 0.25) is 5.91 Å². The number of rotatable bonds is 6. The fourth-order valence-electron chi connectivity index (χ4n) is 2.96. The average Bonchev–Trinajstić information content (AvgIpc) is 3.06. The summed E-state index contributed by atoms with van der Waals surface area (Å²) in [6.07, 6.45) is 0.906. The Morgan fingerprint density at radius 1 is 1.17 bits per heavy atom. The van der Waals surface area contributed by atoms with Gasteiger partial charge in [0.1, 0.15) is 5.75 Å². The molecule has 3 rings (SSSR count). The van der Waals surface area contributed by atoms with E-state index < -0.39 is 21.5 Å². The summed E-state index contributed by atoms with van der Waals surface area (Å²) in [5, 5.41) is 4.61. The first-order valence-corrected chi connectivity index (χ1v) is 9.87. The standard InChI is InChI=1S/C18H21NO4S/c20-18(19-10-14-8-9-23-11-14)13-24(21,22)12-16-6-3-5-15-4-1-2-7-17(15)16/h1-7,14H,8-13H2,(H,19,20)/t14-/m0/s1. The number of amides is 1. The summed E-state index contributed by atoms with van der Waals surface area (Å²) < 4.78 is 30.0. The molecule has 1 amide bonds. The van der Waals surface area contributed by atoms with Gasteiger partial charge in [0, 0.05) is 19.1 Å². The second-order valence-corrected chi connectivity index (χ2v) is 8.27. The fourth-order valence-corrected chi connectivity index (χ4v) is 4.29. The Labute approximate surface area is 141 Å². The molecule has 0 spiro atoms. The Hall–Kier alpha value is -1.92. The number of nitrogens with one attached hydrogen (secondary N) is 1. The SMILES string of the molecule is O=C(CS(=O)(=O)Cc1cccc2ccccc12)NC[C@@H]1CCOC1. The lowest BCUT2D eigenvalue weighted by Crippen LogP contribution is -2.34. The van der Waals surface area contributed by atoms with E-state index >= 15 is 0 Å². The van der Waals surface area contributed by atoms with Crippen LogP contribution in [0.25, 0.3) is 10.8 Å². The summed E-state index contributed by atoms with van der Waals surface area (Å²) in [5.74, 6) is -0.769. The van der Waals surface area contributed by atoms with Crippen LogP contribution in [0.1, 0.15) is 12.0 Å². The molecule has 0 unspecified atom stereocenters. The van der Waals surface area contributed by atoms with Crippen molar-refractivity contribution in [1.29, 1.82) is 0 Å². The molecule has 5 nitrogen and oxygen atoms in total. The van der Waals surface area contributed by atoms with Gasteiger partial charge in [-0.2, -0.15) is 0 Å². The summed E-state index contributed by atoms with van der Waals surface area (Å²) >= 11 is 0. The van der Waals surface area contributed by atoms with E-state index in [1.54, 1.807) is 6.07 Å². The molecule has 1 aliphatic heterocycles. The van der Waals surface area contributed by atoms with E-state index in [-0.39, 0.29) is 11.7 Å². The normalized spacial score (nSPS) is 17.9. The highest BCUT2D eigenvalue weighted by Crippen LogP contribution is 2.20. The molecule has 1 fully saturated rings. The van der Waals surface area contributed by atoms with E-state index in [2.05, 4.69) is 5.32 Å². The smallest absolute Gasteiger partial charge is 0.235 e. The van der Waals surface area contributed by atoms with E-state index in [4.69, 9.17) is 4.74 Å². The summed E-state index contributed by atoms with van der Waals surface area (Å²) in [6.45, 7) is 1.81. The van der Waals surface area contributed by atoms with Crippen molar-refractivity contribution < 1.29 is 17.9 Å². The van der Waals surface area contributed by atoms with Gasteiger partial charge in [-0.25, -0.2) is 8.42 Å². The van der Waals surface area contributed by atoms with Gasteiger partial charge in [-0.05, 0) is 22.8 Å². The van der Waals surface area contributed by atoms with Crippen LogP contribution < -0.4 is 5.32 Å². The molecule has 0 aliphatic carbocycles. The molecule has 1 N–H and O–H groups in total. The largest absolute Gasteiger partial charge is 0.381 e. The first-order chi connectivity index (χ1) is 11.5.